The molecule has 0 radical (unpaired) electrons. The first-order chi connectivity index (χ1) is 21.2. The lowest BCUT2D eigenvalue weighted by Gasteiger charge is -2.39. The van der Waals surface area contributed by atoms with Gasteiger partial charge in [0.15, 0.2) is 5.82 Å². The molecule has 0 saturated carbocycles. The third-order valence-electron chi connectivity index (χ3n) is 7.57. The van der Waals surface area contributed by atoms with Crippen molar-refractivity contribution in [1.29, 1.82) is 0 Å². The lowest BCUT2D eigenvalue weighted by atomic mass is 10.1. The van der Waals surface area contributed by atoms with Crippen molar-refractivity contribution in [3.05, 3.63) is 88.7 Å². The van der Waals surface area contributed by atoms with Gasteiger partial charge < -0.3 is 30.4 Å². The van der Waals surface area contributed by atoms with Gasteiger partial charge in [-0.15, -0.1) is 0 Å². The molecule has 1 fully saturated rings. The molecule has 5 rings (SSSR count). The second kappa shape index (κ2) is 13.0. The van der Waals surface area contributed by atoms with E-state index in [1.165, 1.54) is 48.1 Å². The molecule has 12 nitrogen and oxygen atoms in total. The predicted molar refractivity (Wildman–Crippen MR) is 165 cm³/mol. The first kappa shape index (κ1) is 30.3. The molecule has 1 aliphatic heterocycles. The second-order valence-electron chi connectivity index (χ2n) is 10.2. The maximum Gasteiger partial charge on any atom is 0.327 e. The van der Waals surface area contributed by atoms with E-state index in [0.717, 1.165) is 0 Å². The first-order valence-corrected chi connectivity index (χ1v) is 14.1. The first-order valence-electron chi connectivity index (χ1n) is 14.1. The van der Waals surface area contributed by atoms with E-state index >= 15 is 0 Å². The molecule has 1 unspecified atom stereocenters. The number of carbonyl (C=O) groups excluding carboxylic acids is 2. The summed E-state index contributed by atoms with van der Waals surface area (Å²) in [5.74, 6) is 0.538. The van der Waals surface area contributed by atoms with E-state index in [9.17, 15) is 18.8 Å². The normalized spacial score (nSPS) is 13.8. The summed E-state index contributed by atoms with van der Waals surface area (Å²) in [7, 11) is 3.00. The number of halogens is 1. The largest absolute Gasteiger partial charge is 0.497 e. The predicted octanol–water partition coefficient (Wildman–Crippen LogP) is 3.09. The van der Waals surface area contributed by atoms with Gasteiger partial charge in [-0.2, -0.15) is 0 Å². The van der Waals surface area contributed by atoms with Crippen LogP contribution < -0.4 is 36.0 Å². The second-order valence-corrected chi connectivity index (χ2v) is 10.2. The highest BCUT2D eigenvalue weighted by Gasteiger charge is 2.33. The summed E-state index contributed by atoms with van der Waals surface area (Å²) in [5, 5.41) is 5.06. The highest BCUT2D eigenvalue weighted by atomic mass is 19.1. The van der Waals surface area contributed by atoms with Crippen LogP contribution in [0.2, 0.25) is 0 Å². The Hall–Kier alpha value is -5.17. The van der Waals surface area contributed by atoms with Crippen LogP contribution in [0.1, 0.15) is 18.8 Å². The van der Waals surface area contributed by atoms with Crippen LogP contribution in [0.25, 0.3) is 10.9 Å². The number of carbonyl (C=O) groups is 2. The van der Waals surface area contributed by atoms with Crippen LogP contribution in [0.4, 0.5) is 20.6 Å². The minimum absolute atomic E-state index is 0.0957. The van der Waals surface area contributed by atoms with Gasteiger partial charge >= 0.3 is 6.03 Å². The van der Waals surface area contributed by atoms with Crippen LogP contribution in [0.3, 0.4) is 0 Å². The van der Waals surface area contributed by atoms with E-state index < -0.39 is 17.9 Å². The lowest BCUT2D eigenvalue weighted by Crippen LogP contribution is -2.57. The van der Waals surface area contributed by atoms with Crippen LogP contribution in [0.15, 0.2) is 71.5 Å². The number of rotatable bonds is 8. The van der Waals surface area contributed by atoms with E-state index in [1.54, 1.807) is 54.3 Å². The number of aromatic nitrogens is 2. The zero-order valence-corrected chi connectivity index (χ0v) is 24.7. The van der Waals surface area contributed by atoms with E-state index in [0.29, 0.717) is 65.8 Å². The number of nitrogens with zero attached hydrogens (tertiary/aromatic N) is 5. The van der Waals surface area contributed by atoms with Crippen molar-refractivity contribution in [2.75, 3.05) is 62.2 Å². The van der Waals surface area contributed by atoms with Gasteiger partial charge in [0.2, 0.25) is 5.91 Å². The molecule has 230 valence electrons. The van der Waals surface area contributed by atoms with Gasteiger partial charge in [0.05, 0.1) is 56.5 Å². The fourth-order valence-electron chi connectivity index (χ4n) is 5.27. The van der Waals surface area contributed by atoms with E-state index in [-0.39, 0.29) is 18.0 Å². The number of para-hydroxylation sites is 1. The zero-order valence-electron chi connectivity index (χ0n) is 24.7. The monoisotopic (exact) mass is 603 g/mol. The number of anilines is 2. The molecule has 1 atom stereocenters. The average Bonchev–Trinajstić information content (AvgIpc) is 3.05. The molecule has 3 amide bonds. The number of urea groups is 1. The smallest absolute Gasteiger partial charge is 0.327 e. The number of hydrogen-bond donors (Lipinski definition) is 2. The molecule has 3 aromatic carbocycles. The van der Waals surface area contributed by atoms with Crippen LogP contribution in [-0.2, 0) is 4.79 Å². The number of piperazine rings is 1. The number of nitrogens with one attached hydrogen (secondary N) is 1. The molecule has 0 bridgehead atoms. The number of ether oxygens (including phenoxy) is 2. The Balaban J connectivity index is 1.64. The van der Waals surface area contributed by atoms with Gasteiger partial charge in [-0.05, 0) is 55.5 Å². The number of fused-ring (bicyclic) bond motifs is 1. The minimum Gasteiger partial charge on any atom is -0.497 e. The van der Waals surface area contributed by atoms with Crippen molar-refractivity contribution in [2.24, 2.45) is 5.73 Å². The minimum atomic E-state index is -0.834. The summed E-state index contributed by atoms with van der Waals surface area (Å²) in [6, 6.07) is 16.0. The van der Waals surface area contributed by atoms with Crippen molar-refractivity contribution in [2.45, 2.75) is 13.0 Å². The fraction of sp³-hybridized carbons (Fsp3) is 0.290. The summed E-state index contributed by atoms with van der Waals surface area (Å²) in [6.07, 6.45) is 0. The summed E-state index contributed by atoms with van der Waals surface area (Å²) in [5.41, 5.74) is 6.48. The van der Waals surface area contributed by atoms with Crippen molar-refractivity contribution < 1.29 is 23.5 Å². The molecule has 1 aromatic heterocycles. The van der Waals surface area contributed by atoms with Crippen LogP contribution in [0.5, 0.6) is 11.5 Å². The lowest BCUT2D eigenvalue weighted by molar-refractivity contribution is -0.130. The highest BCUT2D eigenvalue weighted by molar-refractivity contribution is 6.03. The summed E-state index contributed by atoms with van der Waals surface area (Å²) < 4.78 is 26.1. The summed E-state index contributed by atoms with van der Waals surface area (Å²) >= 11 is 0. The number of methoxy groups -OCH3 is 2. The molecule has 13 heteroatoms. The van der Waals surface area contributed by atoms with Gasteiger partial charge in [-0.1, -0.05) is 12.1 Å². The molecular formula is C31H34FN7O5. The van der Waals surface area contributed by atoms with Gasteiger partial charge in [-0.25, -0.2) is 18.8 Å². The summed E-state index contributed by atoms with van der Waals surface area (Å²) in [6.45, 7) is 3.09. The number of amides is 3. The molecule has 44 heavy (non-hydrogen) atoms. The van der Waals surface area contributed by atoms with Gasteiger partial charge in [0.25, 0.3) is 5.56 Å². The number of benzene rings is 3. The van der Waals surface area contributed by atoms with E-state index in [4.69, 9.17) is 20.2 Å². The Morgan fingerprint density at radius 3 is 2.39 bits per heavy atom. The Morgan fingerprint density at radius 1 is 1.02 bits per heavy atom. The van der Waals surface area contributed by atoms with Crippen molar-refractivity contribution in [3.63, 3.8) is 0 Å². The molecule has 1 aliphatic rings. The van der Waals surface area contributed by atoms with Crippen molar-refractivity contribution in [3.8, 4) is 11.5 Å². The highest BCUT2D eigenvalue weighted by Crippen LogP contribution is 2.37. The standard InChI is InChI=1S/C31H34FN7O5/c1-20(38(26-13-12-23(43-2)18-27(26)44-3)31(42)34-22-10-8-21(32)9-11-22)29-35-25-7-5-4-6-24(25)30(41)39(29)37-16-14-36(15-17-37)28(40)19-33/h4-13,18,20H,14-17,19,33H2,1-3H3,(H,34,42). The maximum atomic E-state index is 14.1. The average molecular weight is 604 g/mol. The molecule has 4 aromatic rings. The van der Waals surface area contributed by atoms with Crippen molar-refractivity contribution in [1.82, 2.24) is 14.6 Å². The van der Waals surface area contributed by atoms with Crippen LogP contribution >= 0.6 is 0 Å². The number of hydrogen-bond acceptors (Lipinski definition) is 8. The molecule has 0 aliphatic carbocycles. The fourth-order valence-corrected chi connectivity index (χ4v) is 5.27. The molecular weight excluding hydrogens is 569 g/mol. The van der Waals surface area contributed by atoms with Gasteiger partial charge in [0.1, 0.15) is 17.3 Å². The summed E-state index contributed by atoms with van der Waals surface area (Å²) in [4.78, 5) is 48.4. The Kier molecular flexibility index (Phi) is 8.95. The Morgan fingerprint density at radius 2 is 1.73 bits per heavy atom. The third kappa shape index (κ3) is 5.99. The zero-order chi connectivity index (χ0) is 31.4. The molecule has 3 N–H and O–H groups in total. The van der Waals surface area contributed by atoms with Crippen molar-refractivity contribution >= 4 is 34.2 Å². The molecule has 0 spiro atoms. The van der Waals surface area contributed by atoms with E-state index in [1.807, 2.05) is 5.01 Å². The number of nitrogens with two attached hydrogens (primary N) is 1. The Labute approximate surface area is 253 Å². The third-order valence-corrected chi connectivity index (χ3v) is 7.57. The molecule has 2 heterocycles. The van der Waals surface area contributed by atoms with Gasteiger partial charge in [0, 0.05) is 24.8 Å². The topological polar surface area (TPSA) is 135 Å². The van der Waals surface area contributed by atoms with Crippen LogP contribution in [0, 0.1) is 5.82 Å². The Bertz CT molecular complexity index is 1720. The van der Waals surface area contributed by atoms with E-state index in [2.05, 4.69) is 5.32 Å². The van der Waals surface area contributed by atoms with Gasteiger partial charge in [-0.3, -0.25) is 14.5 Å². The SMILES string of the molecule is COc1ccc(N(C(=O)Nc2ccc(F)cc2)C(C)c2nc3ccccc3c(=O)n2N2CCN(C(=O)CN)CC2)c(OC)c1. The molecule has 1 saturated heterocycles. The van der Waals surface area contributed by atoms with Crippen LogP contribution in [-0.4, -0.2) is 73.4 Å². The maximum absolute atomic E-state index is 14.1. The quantitative estimate of drug-likeness (QED) is 0.314.